The largest absolute Gasteiger partial charge is 0.357 e. The Bertz CT molecular complexity index is 763. The standard InChI is InChI=1S/C16H18BrN3O2S/c1-9(21)18-14-7-23-8-22-20-5-4-11-12-6-10(17)2-3-13(12)19-15(11)16(14)20/h2-3,6,14,16,19H,4-5,7-8H2,1H3,(H,18,21). The Morgan fingerprint density at radius 3 is 3.22 bits per heavy atom. The number of aromatic amines is 1. The van der Waals surface area contributed by atoms with Crippen LogP contribution < -0.4 is 5.32 Å². The lowest BCUT2D eigenvalue weighted by molar-refractivity contribution is -0.178. The molecule has 1 aromatic heterocycles. The van der Waals surface area contributed by atoms with E-state index >= 15 is 0 Å². The number of fused-ring (bicyclic) bond motifs is 5. The highest BCUT2D eigenvalue weighted by molar-refractivity contribution is 9.10. The SMILES string of the molecule is CC(=O)NC1CSCON2CCc3c([nH]c4ccc(Br)cc34)C12. The van der Waals surface area contributed by atoms with Crippen LogP contribution in [-0.2, 0) is 16.1 Å². The molecule has 2 aliphatic heterocycles. The highest BCUT2D eigenvalue weighted by Crippen LogP contribution is 2.39. The Balaban J connectivity index is 1.82. The van der Waals surface area contributed by atoms with Crippen LogP contribution in [0.4, 0.5) is 0 Å². The number of amides is 1. The number of hydroxylamine groups is 2. The number of thioether (sulfide) groups is 1. The molecule has 7 heteroatoms. The Labute approximate surface area is 147 Å². The zero-order valence-corrected chi connectivity index (χ0v) is 15.2. The van der Waals surface area contributed by atoms with E-state index in [-0.39, 0.29) is 18.0 Å². The van der Waals surface area contributed by atoms with Crippen LogP contribution in [0.15, 0.2) is 22.7 Å². The molecule has 23 heavy (non-hydrogen) atoms. The van der Waals surface area contributed by atoms with Crippen molar-refractivity contribution < 1.29 is 9.63 Å². The van der Waals surface area contributed by atoms with E-state index in [4.69, 9.17) is 4.84 Å². The van der Waals surface area contributed by atoms with Gasteiger partial charge in [0.05, 0.1) is 12.1 Å². The first-order chi connectivity index (χ1) is 11.1. The summed E-state index contributed by atoms with van der Waals surface area (Å²) in [6.07, 6.45) is 0.944. The monoisotopic (exact) mass is 395 g/mol. The van der Waals surface area contributed by atoms with Crippen molar-refractivity contribution in [2.45, 2.75) is 25.4 Å². The van der Waals surface area contributed by atoms with Crippen molar-refractivity contribution in [1.29, 1.82) is 0 Å². The van der Waals surface area contributed by atoms with Gasteiger partial charge in [-0.25, -0.2) is 0 Å². The number of hydrogen-bond acceptors (Lipinski definition) is 4. The topological polar surface area (TPSA) is 57.4 Å². The van der Waals surface area contributed by atoms with Gasteiger partial charge in [0.1, 0.15) is 5.94 Å². The second-order valence-electron chi connectivity index (χ2n) is 5.97. The van der Waals surface area contributed by atoms with E-state index in [0.717, 1.165) is 28.7 Å². The summed E-state index contributed by atoms with van der Waals surface area (Å²) in [4.78, 5) is 21.1. The van der Waals surface area contributed by atoms with Crippen LogP contribution in [0.25, 0.3) is 10.9 Å². The lowest BCUT2D eigenvalue weighted by Gasteiger charge is -2.36. The van der Waals surface area contributed by atoms with Crippen molar-refractivity contribution >= 4 is 44.5 Å². The summed E-state index contributed by atoms with van der Waals surface area (Å²) in [7, 11) is 0. The molecule has 122 valence electrons. The molecule has 3 heterocycles. The molecule has 4 rings (SSSR count). The Kier molecular flexibility index (Phi) is 4.13. The molecular formula is C16H18BrN3O2S. The molecule has 0 saturated carbocycles. The molecule has 2 N–H and O–H groups in total. The van der Waals surface area contributed by atoms with Gasteiger partial charge >= 0.3 is 0 Å². The number of H-pyrrole nitrogens is 1. The van der Waals surface area contributed by atoms with Crippen molar-refractivity contribution in [2.24, 2.45) is 0 Å². The van der Waals surface area contributed by atoms with Crippen LogP contribution in [0, 0.1) is 0 Å². The average Bonchev–Trinajstić information content (AvgIpc) is 2.74. The van der Waals surface area contributed by atoms with Gasteiger partial charge in [0, 0.05) is 40.3 Å². The van der Waals surface area contributed by atoms with Gasteiger partial charge in [0.2, 0.25) is 5.91 Å². The molecule has 1 saturated heterocycles. The quantitative estimate of drug-likeness (QED) is 0.778. The van der Waals surface area contributed by atoms with Crippen LogP contribution in [0.1, 0.15) is 24.2 Å². The van der Waals surface area contributed by atoms with E-state index in [1.54, 1.807) is 18.7 Å². The zero-order valence-electron chi connectivity index (χ0n) is 12.8. The maximum atomic E-state index is 11.6. The molecule has 1 amide bonds. The van der Waals surface area contributed by atoms with Gasteiger partial charge in [-0.2, -0.15) is 5.06 Å². The van der Waals surface area contributed by atoms with E-state index in [9.17, 15) is 4.79 Å². The third-order valence-corrected chi connectivity index (χ3v) is 5.82. The molecule has 1 fully saturated rings. The second kappa shape index (κ2) is 6.12. The van der Waals surface area contributed by atoms with E-state index in [0.29, 0.717) is 5.94 Å². The van der Waals surface area contributed by atoms with E-state index < -0.39 is 0 Å². The van der Waals surface area contributed by atoms with Crippen LogP contribution in [0.3, 0.4) is 0 Å². The minimum Gasteiger partial charge on any atom is -0.357 e. The Hall–Kier alpha value is -1.02. The maximum Gasteiger partial charge on any atom is 0.217 e. The Morgan fingerprint density at radius 1 is 1.52 bits per heavy atom. The molecule has 0 radical (unpaired) electrons. The number of nitrogens with zero attached hydrogens (tertiary/aromatic N) is 1. The smallest absolute Gasteiger partial charge is 0.217 e. The number of carbonyl (C=O) groups is 1. The molecule has 2 atom stereocenters. The summed E-state index contributed by atoms with van der Waals surface area (Å²) in [6.45, 7) is 2.42. The summed E-state index contributed by atoms with van der Waals surface area (Å²) < 4.78 is 1.08. The van der Waals surface area contributed by atoms with E-state index in [1.165, 1.54) is 16.6 Å². The van der Waals surface area contributed by atoms with Crippen molar-refractivity contribution in [3.63, 3.8) is 0 Å². The summed E-state index contributed by atoms with van der Waals surface area (Å²) in [6, 6.07) is 6.38. The van der Waals surface area contributed by atoms with Gasteiger partial charge in [0.25, 0.3) is 0 Å². The highest BCUT2D eigenvalue weighted by atomic mass is 79.9. The fourth-order valence-electron chi connectivity index (χ4n) is 3.57. The molecule has 2 aromatic rings. The van der Waals surface area contributed by atoms with Crippen molar-refractivity contribution in [3.8, 4) is 0 Å². The molecule has 2 aliphatic rings. The summed E-state index contributed by atoms with van der Waals surface area (Å²) >= 11 is 5.28. The first-order valence-corrected chi connectivity index (χ1v) is 9.62. The fraction of sp³-hybridized carbons (Fsp3) is 0.438. The molecule has 5 nitrogen and oxygen atoms in total. The van der Waals surface area contributed by atoms with E-state index in [1.807, 2.05) is 11.1 Å². The highest BCUT2D eigenvalue weighted by Gasteiger charge is 2.38. The number of halogens is 1. The molecule has 0 spiro atoms. The summed E-state index contributed by atoms with van der Waals surface area (Å²) in [5.74, 6) is 1.48. The van der Waals surface area contributed by atoms with E-state index in [2.05, 4.69) is 38.4 Å². The van der Waals surface area contributed by atoms with Crippen LogP contribution in [0.2, 0.25) is 0 Å². The molecular weight excluding hydrogens is 378 g/mol. The first kappa shape index (κ1) is 15.5. The third kappa shape index (κ3) is 2.80. The number of aromatic nitrogens is 1. The molecule has 1 aromatic carbocycles. The fourth-order valence-corrected chi connectivity index (χ4v) is 4.75. The first-order valence-electron chi connectivity index (χ1n) is 7.68. The third-order valence-electron chi connectivity index (χ3n) is 4.46. The maximum absolute atomic E-state index is 11.6. The van der Waals surface area contributed by atoms with Crippen LogP contribution in [-0.4, -0.2) is 40.2 Å². The molecule has 0 aliphatic carbocycles. The van der Waals surface area contributed by atoms with Gasteiger partial charge in [-0.15, -0.1) is 11.8 Å². The van der Waals surface area contributed by atoms with Gasteiger partial charge in [-0.1, -0.05) is 15.9 Å². The average molecular weight is 396 g/mol. The number of hydrogen-bond donors (Lipinski definition) is 2. The molecule has 2 unspecified atom stereocenters. The Morgan fingerprint density at radius 2 is 2.39 bits per heavy atom. The van der Waals surface area contributed by atoms with Gasteiger partial charge < -0.3 is 10.3 Å². The normalized spacial score (nSPS) is 24.8. The zero-order chi connectivity index (χ0) is 16.0. The minimum atomic E-state index is 0.00318. The van der Waals surface area contributed by atoms with Crippen LogP contribution in [0.5, 0.6) is 0 Å². The number of benzene rings is 1. The predicted octanol–water partition coefficient (Wildman–Crippen LogP) is 2.97. The van der Waals surface area contributed by atoms with Gasteiger partial charge in [-0.3, -0.25) is 9.63 Å². The number of carbonyl (C=O) groups excluding carboxylic acids is 1. The lowest BCUT2D eigenvalue weighted by atomic mass is 9.94. The summed E-state index contributed by atoms with van der Waals surface area (Å²) in [5, 5.41) is 6.40. The number of nitrogens with one attached hydrogen (secondary N) is 2. The lowest BCUT2D eigenvalue weighted by Crippen LogP contribution is -2.48. The molecule has 0 bridgehead atoms. The van der Waals surface area contributed by atoms with Crippen molar-refractivity contribution in [2.75, 3.05) is 18.2 Å². The van der Waals surface area contributed by atoms with Crippen molar-refractivity contribution in [3.05, 3.63) is 33.9 Å². The predicted molar refractivity (Wildman–Crippen MR) is 95.2 cm³/mol. The van der Waals surface area contributed by atoms with Gasteiger partial charge in [-0.05, 0) is 30.2 Å². The van der Waals surface area contributed by atoms with Gasteiger partial charge in [0.15, 0.2) is 0 Å². The van der Waals surface area contributed by atoms with Crippen molar-refractivity contribution in [1.82, 2.24) is 15.4 Å². The minimum absolute atomic E-state index is 0.00318. The summed E-state index contributed by atoms with van der Waals surface area (Å²) in [5.41, 5.74) is 3.65. The number of rotatable bonds is 1. The second-order valence-corrected chi connectivity index (χ2v) is 7.86. The van der Waals surface area contributed by atoms with Crippen LogP contribution >= 0.6 is 27.7 Å².